The Bertz CT molecular complexity index is 1110. The highest BCUT2D eigenvalue weighted by molar-refractivity contribution is 6.70. The summed E-state index contributed by atoms with van der Waals surface area (Å²) in [7, 11) is -1.75. The number of nitrogens with zero attached hydrogens (tertiary/aromatic N) is 2. The van der Waals surface area contributed by atoms with Crippen molar-refractivity contribution in [2.24, 2.45) is 0 Å². The van der Waals surface area contributed by atoms with Crippen molar-refractivity contribution in [3.8, 4) is 17.6 Å². The molecule has 0 aliphatic heterocycles. The number of fused-ring (bicyclic) bond motifs is 1. The topological polar surface area (TPSA) is 64.1 Å². The van der Waals surface area contributed by atoms with Crippen molar-refractivity contribution >= 4 is 48.1 Å². The van der Waals surface area contributed by atoms with E-state index in [-0.39, 0.29) is 5.78 Å². The van der Waals surface area contributed by atoms with Crippen LogP contribution in [0.4, 0.5) is 11.5 Å². The van der Waals surface area contributed by atoms with Crippen molar-refractivity contribution in [2.75, 3.05) is 5.32 Å². The Balaban J connectivity index is 1.95. The van der Waals surface area contributed by atoms with E-state index in [1.807, 2.05) is 12.1 Å². The van der Waals surface area contributed by atoms with Gasteiger partial charge in [-0.1, -0.05) is 17.5 Å². The van der Waals surface area contributed by atoms with Crippen LogP contribution in [0.5, 0.6) is 5.75 Å². The summed E-state index contributed by atoms with van der Waals surface area (Å²) in [5.41, 5.74) is 1.98. The summed E-state index contributed by atoms with van der Waals surface area (Å²) < 4.78 is 5.98. The van der Waals surface area contributed by atoms with E-state index in [9.17, 15) is 4.79 Å². The Hall–Kier alpha value is -2.88. The number of carbonyl (C=O) groups is 1. The van der Waals surface area contributed by atoms with E-state index in [0.29, 0.717) is 22.2 Å². The number of rotatable bonds is 5. The summed E-state index contributed by atoms with van der Waals surface area (Å²) in [6.07, 6.45) is 1.47. The van der Waals surface area contributed by atoms with Gasteiger partial charge >= 0.3 is 0 Å². The minimum absolute atomic E-state index is 0.241. The Morgan fingerprint density at radius 3 is 2.61 bits per heavy atom. The third kappa shape index (κ3) is 4.69. The monoisotopic (exact) mass is 409 g/mol. The Morgan fingerprint density at radius 2 is 1.93 bits per heavy atom. The van der Waals surface area contributed by atoms with E-state index in [2.05, 4.69) is 46.8 Å². The lowest BCUT2D eigenvalue weighted by Gasteiger charge is -2.20. The molecule has 142 valence electrons. The minimum Gasteiger partial charge on any atom is -0.543 e. The molecule has 0 amide bonds. The van der Waals surface area contributed by atoms with Gasteiger partial charge in [-0.2, -0.15) is 0 Å². The number of halogens is 1. The molecule has 1 N–H and O–H groups in total. The fourth-order valence-electron chi connectivity index (χ4n) is 2.61. The van der Waals surface area contributed by atoms with Gasteiger partial charge in [-0.15, -0.1) is 0 Å². The molecule has 0 aliphatic rings. The van der Waals surface area contributed by atoms with Crippen molar-refractivity contribution in [1.29, 1.82) is 0 Å². The smallest absolute Gasteiger partial charge is 0.242 e. The number of carbonyl (C=O) groups excluding carboxylic acids is 1. The molecule has 3 rings (SSSR count). The SMILES string of the molecule is CC#CC(=O)c1ccc2ncnc(Nc3ccc(O[Si](C)(C)C)c(Cl)c3)c2c1. The zero-order valence-corrected chi connectivity index (χ0v) is 17.9. The van der Waals surface area contributed by atoms with Crippen LogP contribution in [0.25, 0.3) is 10.9 Å². The number of nitrogens with one attached hydrogen (secondary N) is 1. The highest BCUT2D eigenvalue weighted by Gasteiger charge is 2.18. The largest absolute Gasteiger partial charge is 0.543 e. The average molecular weight is 410 g/mol. The molecule has 1 aromatic heterocycles. The van der Waals surface area contributed by atoms with Crippen LogP contribution in [-0.4, -0.2) is 24.1 Å². The van der Waals surface area contributed by atoms with Gasteiger partial charge in [-0.3, -0.25) is 4.79 Å². The maximum Gasteiger partial charge on any atom is 0.242 e. The Kier molecular flexibility index (Phi) is 5.68. The molecule has 0 unspecified atom stereocenters. The molecule has 0 bridgehead atoms. The van der Waals surface area contributed by atoms with Crippen molar-refractivity contribution in [2.45, 2.75) is 26.6 Å². The lowest BCUT2D eigenvalue weighted by atomic mass is 10.1. The van der Waals surface area contributed by atoms with Gasteiger partial charge in [0.2, 0.25) is 14.1 Å². The van der Waals surface area contributed by atoms with Crippen LogP contribution in [0.1, 0.15) is 17.3 Å². The highest BCUT2D eigenvalue weighted by Crippen LogP contribution is 2.32. The number of aromatic nitrogens is 2. The second-order valence-corrected chi connectivity index (χ2v) is 12.0. The molecule has 5 nitrogen and oxygen atoms in total. The molecule has 0 fully saturated rings. The van der Waals surface area contributed by atoms with E-state index in [1.165, 1.54) is 6.33 Å². The molecular weight excluding hydrogens is 390 g/mol. The van der Waals surface area contributed by atoms with Gasteiger partial charge in [0.05, 0.1) is 10.5 Å². The van der Waals surface area contributed by atoms with Gasteiger partial charge in [0.1, 0.15) is 17.9 Å². The van der Waals surface area contributed by atoms with Crippen LogP contribution in [0.15, 0.2) is 42.7 Å². The standard InChI is InChI=1S/C21H20ClN3O2Si/c1-5-6-19(26)14-7-9-18-16(11-14)21(24-13-23-18)25-15-8-10-20(17(22)12-15)27-28(2,3)4/h7-13H,1-4H3,(H,23,24,25). The summed E-state index contributed by atoms with van der Waals surface area (Å²) in [5.74, 6) is 6.19. The fourth-order valence-corrected chi connectivity index (χ4v) is 3.73. The second-order valence-electron chi connectivity index (χ2n) is 7.14. The molecule has 0 radical (unpaired) electrons. The molecule has 3 aromatic rings. The van der Waals surface area contributed by atoms with Crippen molar-refractivity contribution in [3.63, 3.8) is 0 Å². The van der Waals surface area contributed by atoms with Gasteiger partial charge in [-0.25, -0.2) is 9.97 Å². The normalized spacial score (nSPS) is 10.9. The average Bonchev–Trinajstić information content (AvgIpc) is 2.63. The number of benzene rings is 2. The van der Waals surface area contributed by atoms with E-state index in [1.54, 1.807) is 31.2 Å². The molecule has 28 heavy (non-hydrogen) atoms. The van der Waals surface area contributed by atoms with Gasteiger partial charge in [-0.05, 0) is 68.9 Å². The zero-order chi connectivity index (χ0) is 20.3. The number of Topliss-reactive ketones (excluding diaryl/α,β-unsaturated/α-hetero) is 1. The Labute approximate surface area is 170 Å². The highest BCUT2D eigenvalue weighted by atomic mass is 35.5. The first-order valence-electron chi connectivity index (χ1n) is 8.74. The van der Waals surface area contributed by atoms with Gasteiger partial charge in [0, 0.05) is 16.6 Å². The van der Waals surface area contributed by atoms with Gasteiger partial charge in [0.25, 0.3) is 0 Å². The van der Waals surface area contributed by atoms with Crippen LogP contribution in [0, 0.1) is 11.8 Å². The minimum atomic E-state index is -1.75. The maximum atomic E-state index is 12.1. The summed E-state index contributed by atoms with van der Waals surface area (Å²) in [6, 6.07) is 10.8. The molecule has 0 aliphatic carbocycles. The summed E-state index contributed by atoms with van der Waals surface area (Å²) in [4.78, 5) is 20.7. The van der Waals surface area contributed by atoms with Crippen LogP contribution >= 0.6 is 11.6 Å². The first kappa shape index (κ1) is 19.9. The molecule has 1 heterocycles. The molecule has 0 saturated carbocycles. The van der Waals surface area contributed by atoms with E-state index in [0.717, 1.165) is 16.6 Å². The van der Waals surface area contributed by atoms with E-state index < -0.39 is 8.32 Å². The predicted octanol–water partition coefficient (Wildman–Crippen LogP) is 5.45. The third-order valence-electron chi connectivity index (χ3n) is 3.75. The molecule has 0 atom stereocenters. The first-order chi connectivity index (χ1) is 13.3. The number of anilines is 2. The first-order valence-corrected chi connectivity index (χ1v) is 12.5. The number of hydrogen-bond acceptors (Lipinski definition) is 5. The lowest BCUT2D eigenvalue weighted by Crippen LogP contribution is -2.29. The second kappa shape index (κ2) is 8.01. The van der Waals surface area contributed by atoms with Crippen molar-refractivity contribution in [1.82, 2.24) is 9.97 Å². The lowest BCUT2D eigenvalue weighted by molar-refractivity contribution is 0.105. The van der Waals surface area contributed by atoms with E-state index >= 15 is 0 Å². The van der Waals surface area contributed by atoms with Crippen molar-refractivity contribution in [3.05, 3.63) is 53.3 Å². The third-order valence-corrected chi connectivity index (χ3v) is 4.87. The predicted molar refractivity (Wildman–Crippen MR) is 116 cm³/mol. The summed E-state index contributed by atoms with van der Waals surface area (Å²) in [5, 5.41) is 4.50. The number of ketones is 1. The summed E-state index contributed by atoms with van der Waals surface area (Å²) >= 11 is 6.39. The zero-order valence-electron chi connectivity index (χ0n) is 16.1. The molecule has 2 aromatic carbocycles. The van der Waals surface area contributed by atoms with Crippen molar-refractivity contribution < 1.29 is 9.22 Å². The number of hydrogen-bond donors (Lipinski definition) is 1. The van der Waals surface area contributed by atoms with E-state index in [4.69, 9.17) is 16.0 Å². The van der Waals surface area contributed by atoms with Crippen LogP contribution in [-0.2, 0) is 0 Å². The molecule has 0 spiro atoms. The maximum absolute atomic E-state index is 12.1. The van der Waals surface area contributed by atoms with Gasteiger partial charge in [0.15, 0.2) is 0 Å². The molecule has 7 heteroatoms. The van der Waals surface area contributed by atoms with Crippen LogP contribution < -0.4 is 9.74 Å². The molecular formula is C21H20ClN3O2Si. The van der Waals surface area contributed by atoms with Crippen LogP contribution in [0.3, 0.4) is 0 Å². The Morgan fingerprint density at radius 1 is 1.14 bits per heavy atom. The summed E-state index contributed by atoms with van der Waals surface area (Å²) in [6.45, 7) is 7.94. The quantitative estimate of drug-likeness (QED) is 0.263. The molecule has 0 saturated heterocycles. The van der Waals surface area contributed by atoms with Gasteiger partial charge < -0.3 is 9.74 Å². The van der Waals surface area contributed by atoms with Crippen LogP contribution in [0.2, 0.25) is 24.7 Å². The fraction of sp³-hybridized carbons (Fsp3) is 0.190.